The molecule has 1 heterocycles. The molecule has 2 fully saturated rings. The first-order valence-corrected chi connectivity index (χ1v) is 9.57. The van der Waals surface area contributed by atoms with Gasteiger partial charge in [-0.05, 0) is 50.5 Å². The fourth-order valence-corrected chi connectivity index (χ4v) is 4.40. The standard InChI is InChI=1S/C18H24N2O2S/c1-23-18(10-5-11-18)17(22)20-12-8-14(9-13-20)16(21)19-15-6-3-2-4-7-15/h2-4,6-7,14H,5,8-13H2,1H3,(H,19,21). The second-order valence-electron chi connectivity index (χ2n) is 6.47. The molecule has 124 valence electrons. The van der Waals surface area contributed by atoms with E-state index in [9.17, 15) is 9.59 Å². The van der Waals surface area contributed by atoms with E-state index < -0.39 is 0 Å². The number of nitrogens with zero attached hydrogens (tertiary/aromatic N) is 1. The molecule has 2 aliphatic rings. The van der Waals surface area contributed by atoms with Gasteiger partial charge in [-0.15, -0.1) is 11.8 Å². The van der Waals surface area contributed by atoms with Crippen molar-refractivity contribution < 1.29 is 9.59 Å². The first kappa shape index (κ1) is 16.4. The molecule has 0 bridgehead atoms. The van der Waals surface area contributed by atoms with Crippen LogP contribution in [0.4, 0.5) is 5.69 Å². The predicted molar refractivity (Wildman–Crippen MR) is 94.5 cm³/mol. The molecule has 2 amide bonds. The fraction of sp³-hybridized carbons (Fsp3) is 0.556. The van der Waals surface area contributed by atoms with E-state index in [4.69, 9.17) is 0 Å². The highest BCUT2D eigenvalue weighted by atomic mass is 32.2. The van der Waals surface area contributed by atoms with Crippen molar-refractivity contribution in [3.63, 3.8) is 0 Å². The molecule has 1 saturated carbocycles. The summed E-state index contributed by atoms with van der Waals surface area (Å²) in [6.07, 6.45) is 6.71. The summed E-state index contributed by atoms with van der Waals surface area (Å²) in [5.74, 6) is 0.371. The summed E-state index contributed by atoms with van der Waals surface area (Å²) in [4.78, 5) is 27.0. The van der Waals surface area contributed by atoms with Crippen molar-refractivity contribution in [3.05, 3.63) is 30.3 Å². The zero-order valence-corrected chi connectivity index (χ0v) is 14.4. The minimum absolute atomic E-state index is 0.00544. The number of anilines is 1. The summed E-state index contributed by atoms with van der Waals surface area (Å²) in [5.41, 5.74) is 0.840. The van der Waals surface area contributed by atoms with E-state index in [0.29, 0.717) is 13.1 Å². The molecule has 4 nitrogen and oxygen atoms in total. The summed E-state index contributed by atoms with van der Waals surface area (Å²) in [5, 5.41) is 2.97. The SMILES string of the molecule is CSC1(C(=O)N2CCC(C(=O)Nc3ccccc3)CC2)CCC1. The molecule has 0 radical (unpaired) electrons. The molecule has 0 spiro atoms. The third kappa shape index (κ3) is 3.39. The average molecular weight is 332 g/mol. The Labute approximate surface area is 142 Å². The largest absolute Gasteiger partial charge is 0.341 e. The van der Waals surface area contributed by atoms with Crippen LogP contribution in [0.2, 0.25) is 0 Å². The minimum atomic E-state index is -0.168. The Balaban J connectivity index is 1.52. The number of hydrogen-bond acceptors (Lipinski definition) is 3. The Bertz CT molecular complexity index is 558. The number of likely N-dealkylation sites (tertiary alicyclic amines) is 1. The van der Waals surface area contributed by atoms with Crippen LogP contribution in [0.15, 0.2) is 30.3 Å². The highest BCUT2D eigenvalue weighted by Crippen LogP contribution is 2.44. The van der Waals surface area contributed by atoms with Gasteiger partial charge in [-0.25, -0.2) is 0 Å². The van der Waals surface area contributed by atoms with Gasteiger partial charge in [0.1, 0.15) is 0 Å². The molecular formula is C18H24N2O2S. The molecule has 1 N–H and O–H groups in total. The van der Waals surface area contributed by atoms with Crippen LogP contribution in [0.25, 0.3) is 0 Å². The van der Waals surface area contributed by atoms with E-state index in [0.717, 1.165) is 37.8 Å². The van der Waals surface area contributed by atoms with E-state index >= 15 is 0 Å². The van der Waals surface area contributed by atoms with Gasteiger partial charge in [-0.1, -0.05) is 18.2 Å². The van der Waals surface area contributed by atoms with Crippen molar-refractivity contribution in [3.8, 4) is 0 Å². The summed E-state index contributed by atoms with van der Waals surface area (Å²) < 4.78 is -0.168. The highest BCUT2D eigenvalue weighted by molar-refractivity contribution is 8.00. The summed E-state index contributed by atoms with van der Waals surface area (Å²) in [6.45, 7) is 1.40. The van der Waals surface area contributed by atoms with Crippen molar-refractivity contribution in [2.24, 2.45) is 5.92 Å². The zero-order valence-electron chi connectivity index (χ0n) is 13.6. The average Bonchev–Trinajstić information content (AvgIpc) is 2.55. The van der Waals surface area contributed by atoms with E-state index in [2.05, 4.69) is 5.32 Å². The van der Waals surface area contributed by atoms with Gasteiger partial charge >= 0.3 is 0 Å². The lowest BCUT2D eigenvalue weighted by molar-refractivity contribution is -0.138. The Morgan fingerprint density at radius 1 is 1.17 bits per heavy atom. The molecule has 1 aliphatic heterocycles. The topological polar surface area (TPSA) is 49.4 Å². The Hall–Kier alpha value is -1.49. The van der Waals surface area contributed by atoms with Gasteiger partial charge in [-0.3, -0.25) is 9.59 Å². The molecule has 0 unspecified atom stereocenters. The number of para-hydroxylation sites is 1. The van der Waals surface area contributed by atoms with E-state index in [1.54, 1.807) is 11.8 Å². The van der Waals surface area contributed by atoms with Crippen molar-refractivity contribution in [2.75, 3.05) is 24.7 Å². The minimum Gasteiger partial charge on any atom is -0.341 e. The van der Waals surface area contributed by atoms with Gasteiger partial charge < -0.3 is 10.2 Å². The lowest BCUT2D eigenvalue weighted by Gasteiger charge is -2.44. The first-order valence-electron chi connectivity index (χ1n) is 8.35. The molecule has 23 heavy (non-hydrogen) atoms. The summed E-state index contributed by atoms with van der Waals surface area (Å²) in [6, 6.07) is 9.56. The van der Waals surface area contributed by atoms with Crippen LogP contribution in [0.3, 0.4) is 0 Å². The second kappa shape index (κ2) is 6.95. The van der Waals surface area contributed by atoms with Gasteiger partial charge in [0.05, 0.1) is 4.75 Å². The number of piperidine rings is 1. The van der Waals surface area contributed by atoms with E-state index in [1.165, 1.54) is 0 Å². The van der Waals surface area contributed by atoms with Crippen LogP contribution >= 0.6 is 11.8 Å². The molecule has 1 aromatic rings. The molecule has 5 heteroatoms. The predicted octanol–water partition coefficient (Wildman–Crippen LogP) is 3.15. The maximum absolute atomic E-state index is 12.7. The summed E-state index contributed by atoms with van der Waals surface area (Å²) >= 11 is 1.70. The van der Waals surface area contributed by atoms with Gasteiger partial charge in [0, 0.05) is 24.7 Å². The van der Waals surface area contributed by atoms with E-state index in [1.807, 2.05) is 41.5 Å². The van der Waals surface area contributed by atoms with Crippen LogP contribution in [0.1, 0.15) is 32.1 Å². The number of amides is 2. The van der Waals surface area contributed by atoms with Gasteiger partial charge in [-0.2, -0.15) is 0 Å². The van der Waals surface area contributed by atoms with Gasteiger partial charge in [0.2, 0.25) is 11.8 Å². The van der Waals surface area contributed by atoms with Crippen molar-refractivity contribution >= 4 is 29.3 Å². The Kier molecular flexibility index (Phi) is 4.95. The number of thioether (sulfide) groups is 1. The second-order valence-corrected chi connectivity index (χ2v) is 7.66. The molecule has 0 atom stereocenters. The maximum atomic E-state index is 12.7. The number of benzene rings is 1. The molecule has 0 aromatic heterocycles. The zero-order chi connectivity index (χ0) is 16.3. The lowest BCUT2D eigenvalue weighted by atomic mass is 9.82. The van der Waals surface area contributed by atoms with Crippen LogP contribution in [-0.2, 0) is 9.59 Å². The number of carbonyl (C=O) groups excluding carboxylic acids is 2. The third-order valence-corrected chi connectivity index (χ3v) is 6.50. The van der Waals surface area contributed by atoms with Gasteiger partial charge in [0.15, 0.2) is 0 Å². The van der Waals surface area contributed by atoms with Crippen LogP contribution in [-0.4, -0.2) is 40.8 Å². The number of hydrogen-bond donors (Lipinski definition) is 1. The van der Waals surface area contributed by atoms with Crippen molar-refractivity contribution in [1.29, 1.82) is 0 Å². The smallest absolute Gasteiger partial charge is 0.238 e. The molecule has 3 rings (SSSR count). The lowest BCUT2D eigenvalue weighted by Crippen LogP contribution is -2.53. The first-order chi connectivity index (χ1) is 11.1. The van der Waals surface area contributed by atoms with Crippen molar-refractivity contribution in [2.45, 2.75) is 36.9 Å². The number of rotatable bonds is 4. The van der Waals surface area contributed by atoms with Crippen LogP contribution in [0.5, 0.6) is 0 Å². The highest BCUT2D eigenvalue weighted by Gasteiger charge is 2.46. The Morgan fingerprint density at radius 2 is 1.83 bits per heavy atom. The number of carbonyl (C=O) groups is 2. The quantitative estimate of drug-likeness (QED) is 0.921. The molecule has 1 saturated heterocycles. The van der Waals surface area contributed by atoms with Crippen molar-refractivity contribution in [1.82, 2.24) is 4.90 Å². The Morgan fingerprint density at radius 3 is 2.35 bits per heavy atom. The van der Waals surface area contributed by atoms with Crippen LogP contribution in [0, 0.1) is 5.92 Å². The molecule has 1 aromatic carbocycles. The van der Waals surface area contributed by atoms with E-state index in [-0.39, 0.29) is 22.5 Å². The third-order valence-electron chi connectivity index (χ3n) is 5.14. The number of nitrogens with one attached hydrogen (secondary N) is 1. The summed E-state index contributed by atoms with van der Waals surface area (Å²) in [7, 11) is 0. The molecular weight excluding hydrogens is 308 g/mol. The maximum Gasteiger partial charge on any atom is 0.238 e. The molecule has 1 aliphatic carbocycles. The normalized spacial score (nSPS) is 20.7. The fourth-order valence-electron chi connectivity index (χ4n) is 3.40. The van der Waals surface area contributed by atoms with Crippen LogP contribution < -0.4 is 5.32 Å². The van der Waals surface area contributed by atoms with Gasteiger partial charge in [0.25, 0.3) is 0 Å². The monoisotopic (exact) mass is 332 g/mol.